The Morgan fingerprint density at radius 1 is 1.20 bits per heavy atom. The third-order valence-electron chi connectivity index (χ3n) is 5.91. The molecule has 2 saturated heterocycles. The number of rotatable bonds is 5. The van der Waals surface area contributed by atoms with Gasteiger partial charge in [-0.05, 0) is 69.0 Å². The SMILES string of the molecule is COCCN1CC[C@]2(CCCN(Cc3cc(F)ccc3C)CC2)C1=O. The third-order valence-corrected chi connectivity index (χ3v) is 5.91. The Morgan fingerprint density at radius 3 is 2.80 bits per heavy atom. The Bertz CT molecular complexity index is 622. The average Bonchev–Trinajstić information content (AvgIpc) is 2.77. The number of hydrogen-bond acceptors (Lipinski definition) is 3. The molecule has 4 nitrogen and oxygen atoms in total. The summed E-state index contributed by atoms with van der Waals surface area (Å²) in [4.78, 5) is 17.3. The van der Waals surface area contributed by atoms with Crippen molar-refractivity contribution < 1.29 is 13.9 Å². The summed E-state index contributed by atoms with van der Waals surface area (Å²) in [6, 6.07) is 5.00. The molecule has 1 atom stereocenters. The zero-order chi connectivity index (χ0) is 17.9. The van der Waals surface area contributed by atoms with E-state index in [1.165, 1.54) is 6.07 Å². The van der Waals surface area contributed by atoms with E-state index in [1.807, 2.05) is 17.9 Å². The van der Waals surface area contributed by atoms with Gasteiger partial charge in [-0.3, -0.25) is 9.69 Å². The Kier molecular flexibility index (Phi) is 5.74. The number of amides is 1. The molecular weight excluding hydrogens is 319 g/mol. The monoisotopic (exact) mass is 348 g/mol. The minimum absolute atomic E-state index is 0.174. The molecule has 0 N–H and O–H groups in total. The van der Waals surface area contributed by atoms with Gasteiger partial charge in [-0.15, -0.1) is 0 Å². The molecule has 2 aliphatic rings. The minimum Gasteiger partial charge on any atom is -0.383 e. The van der Waals surface area contributed by atoms with Crippen molar-refractivity contribution in [2.45, 2.75) is 39.2 Å². The van der Waals surface area contributed by atoms with Gasteiger partial charge in [-0.1, -0.05) is 6.07 Å². The molecule has 2 fully saturated rings. The van der Waals surface area contributed by atoms with Gasteiger partial charge in [0.15, 0.2) is 0 Å². The highest BCUT2D eigenvalue weighted by Gasteiger charge is 2.46. The minimum atomic E-state index is -0.181. The van der Waals surface area contributed by atoms with Crippen LogP contribution in [0.4, 0.5) is 4.39 Å². The van der Waals surface area contributed by atoms with Crippen molar-refractivity contribution in [3.63, 3.8) is 0 Å². The van der Waals surface area contributed by atoms with Gasteiger partial charge in [-0.25, -0.2) is 4.39 Å². The zero-order valence-electron chi connectivity index (χ0n) is 15.4. The van der Waals surface area contributed by atoms with Crippen molar-refractivity contribution in [3.8, 4) is 0 Å². The molecule has 2 heterocycles. The lowest BCUT2D eigenvalue weighted by atomic mass is 9.79. The first kappa shape index (κ1) is 18.3. The van der Waals surface area contributed by atoms with Gasteiger partial charge in [0.05, 0.1) is 12.0 Å². The van der Waals surface area contributed by atoms with Crippen molar-refractivity contribution in [1.82, 2.24) is 9.80 Å². The summed E-state index contributed by atoms with van der Waals surface area (Å²) in [7, 11) is 1.67. The van der Waals surface area contributed by atoms with Crippen LogP contribution in [0.5, 0.6) is 0 Å². The molecular formula is C20H29FN2O2. The van der Waals surface area contributed by atoms with Crippen LogP contribution in [0.2, 0.25) is 0 Å². The highest BCUT2D eigenvalue weighted by atomic mass is 19.1. The summed E-state index contributed by atoms with van der Waals surface area (Å²) in [6.45, 7) is 6.83. The van der Waals surface area contributed by atoms with Crippen LogP contribution in [0.3, 0.4) is 0 Å². The number of likely N-dealkylation sites (tertiary alicyclic amines) is 2. The van der Waals surface area contributed by atoms with Crippen LogP contribution in [0.15, 0.2) is 18.2 Å². The topological polar surface area (TPSA) is 32.8 Å². The summed E-state index contributed by atoms with van der Waals surface area (Å²) in [5, 5.41) is 0. The molecule has 1 amide bonds. The zero-order valence-corrected chi connectivity index (χ0v) is 15.4. The molecule has 0 aliphatic carbocycles. The number of aryl methyl sites for hydroxylation is 1. The summed E-state index contributed by atoms with van der Waals surface area (Å²) in [6.07, 6.45) is 3.86. The second-order valence-corrected chi connectivity index (χ2v) is 7.52. The number of ether oxygens (including phenoxy) is 1. The maximum atomic E-state index is 13.5. The second-order valence-electron chi connectivity index (χ2n) is 7.52. The van der Waals surface area contributed by atoms with Gasteiger partial charge in [-0.2, -0.15) is 0 Å². The summed E-state index contributed by atoms with van der Waals surface area (Å²) in [5.74, 6) is 0.139. The number of methoxy groups -OCH3 is 1. The Labute approximate surface area is 149 Å². The van der Waals surface area contributed by atoms with Crippen LogP contribution >= 0.6 is 0 Å². The van der Waals surface area contributed by atoms with E-state index < -0.39 is 0 Å². The Morgan fingerprint density at radius 2 is 2.00 bits per heavy atom. The maximum absolute atomic E-state index is 13.5. The van der Waals surface area contributed by atoms with Crippen LogP contribution in [0, 0.1) is 18.2 Å². The number of carbonyl (C=O) groups excluding carboxylic acids is 1. The second kappa shape index (κ2) is 7.83. The molecule has 1 spiro atoms. The molecule has 138 valence electrons. The number of hydrogen-bond donors (Lipinski definition) is 0. The quantitative estimate of drug-likeness (QED) is 0.820. The van der Waals surface area contributed by atoms with Crippen molar-refractivity contribution in [2.75, 3.05) is 39.9 Å². The molecule has 25 heavy (non-hydrogen) atoms. The molecule has 3 rings (SSSR count). The maximum Gasteiger partial charge on any atom is 0.228 e. The largest absolute Gasteiger partial charge is 0.383 e. The van der Waals surface area contributed by atoms with E-state index in [4.69, 9.17) is 4.74 Å². The predicted molar refractivity (Wildman–Crippen MR) is 95.8 cm³/mol. The molecule has 0 bridgehead atoms. The van der Waals surface area contributed by atoms with E-state index in [1.54, 1.807) is 13.2 Å². The molecule has 5 heteroatoms. The average molecular weight is 348 g/mol. The molecule has 0 saturated carbocycles. The number of halogens is 1. The van der Waals surface area contributed by atoms with E-state index in [-0.39, 0.29) is 11.2 Å². The van der Waals surface area contributed by atoms with E-state index in [9.17, 15) is 9.18 Å². The normalized spacial score (nSPS) is 24.9. The molecule has 0 aromatic heterocycles. The lowest BCUT2D eigenvalue weighted by Gasteiger charge is -2.27. The molecule has 2 aliphatic heterocycles. The third kappa shape index (κ3) is 4.04. The van der Waals surface area contributed by atoms with Crippen molar-refractivity contribution in [1.29, 1.82) is 0 Å². The van der Waals surface area contributed by atoms with Gasteiger partial charge in [0, 0.05) is 26.7 Å². The number of nitrogens with zero attached hydrogens (tertiary/aromatic N) is 2. The summed E-state index contributed by atoms with van der Waals surface area (Å²) in [5.41, 5.74) is 2.00. The summed E-state index contributed by atoms with van der Waals surface area (Å²) < 4.78 is 18.7. The van der Waals surface area contributed by atoms with Gasteiger partial charge in [0.25, 0.3) is 0 Å². The Balaban J connectivity index is 1.63. The van der Waals surface area contributed by atoms with Crippen LogP contribution in [-0.2, 0) is 16.1 Å². The van der Waals surface area contributed by atoms with Crippen LogP contribution in [0.25, 0.3) is 0 Å². The van der Waals surface area contributed by atoms with E-state index in [2.05, 4.69) is 4.90 Å². The first-order valence-electron chi connectivity index (χ1n) is 9.30. The lowest BCUT2D eigenvalue weighted by molar-refractivity contribution is -0.137. The van der Waals surface area contributed by atoms with Crippen LogP contribution in [0.1, 0.15) is 36.8 Å². The standard InChI is InChI=1S/C20H29FN2O2/c1-16-4-5-18(21)14-17(16)15-22-9-3-6-20(7-10-22)8-11-23(19(20)24)12-13-25-2/h4-5,14H,3,6-13,15H2,1-2H3/t20-/m1/s1. The van der Waals surface area contributed by atoms with Crippen LogP contribution < -0.4 is 0 Å². The fourth-order valence-corrected chi connectivity index (χ4v) is 4.23. The van der Waals surface area contributed by atoms with Crippen molar-refractivity contribution in [2.24, 2.45) is 5.41 Å². The van der Waals surface area contributed by atoms with Crippen molar-refractivity contribution in [3.05, 3.63) is 35.1 Å². The van der Waals surface area contributed by atoms with E-state index >= 15 is 0 Å². The van der Waals surface area contributed by atoms with Crippen LogP contribution in [-0.4, -0.2) is 55.6 Å². The first-order valence-corrected chi connectivity index (χ1v) is 9.30. The number of carbonyl (C=O) groups is 1. The molecule has 1 aromatic carbocycles. The molecule has 0 radical (unpaired) electrons. The van der Waals surface area contributed by atoms with Gasteiger partial charge < -0.3 is 9.64 Å². The van der Waals surface area contributed by atoms with Gasteiger partial charge in [0.2, 0.25) is 5.91 Å². The lowest BCUT2D eigenvalue weighted by Crippen LogP contribution is -2.37. The van der Waals surface area contributed by atoms with E-state index in [0.717, 1.165) is 63.0 Å². The molecule has 1 aromatic rings. The van der Waals surface area contributed by atoms with Gasteiger partial charge in [0.1, 0.15) is 5.82 Å². The Hall–Kier alpha value is -1.46. The fourth-order valence-electron chi connectivity index (χ4n) is 4.23. The molecule has 0 unspecified atom stereocenters. The van der Waals surface area contributed by atoms with Gasteiger partial charge >= 0.3 is 0 Å². The predicted octanol–water partition coefficient (Wildman–Crippen LogP) is 2.99. The first-order chi connectivity index (χ1) is 12.0. The highest BCUT2D eigenvalue weighted by Crippen LogP contribution is 2.41. The fraction of sp³-hybridized carbons (Fsp3) is 0.650. The highest BCUT2D eigenvalue weighted by molar-refractivity contribution is 5.84. The van der Waals surface area contributed by atoms with Crippen molar-refractivity contribution >= 4 is 5.91 Å². The smallest absolute Gasteiger partial charge is 0.228 e. The van der Waals surface area contributed by atoms with E-state index in [0.29, 0.717) is 19.1 Å². The summed E-state index contributed by atoms with van der Waals surface area (Å²) >= 11 is 0. The number of benzene rings is 1.